The predicted molar refractivity (Wildman–Crippen MR) is 110 cm³/mol. The summed E-state index contributed by atoms with van der Waals surface area (Å²) in [4.78, 5) is 0. The summed E-state index contributed by atoms with van der Waals surface area (Å²) in [5, 5.41) is 4.31. The van der Waals surface area contributed by atoms with Gasteiger partial charge in [0.15, 0.2) is 0 Å². The van der Waals surface area contributed by atoms with E-state index in [2.05, 4.69) is 5.10 Å². The van der Waals surface area contributed by atoms with Crippen LogP contribution in [0.3, 0.4) is 0 Å². The molecule has 0 saturated heterocycles. The quantitative estimate of drug-likeness (QED) is 0.506. The first-order valence-electron chi connectivity index (χ1n) is 8.74. The molecule has 6 heteroatoms. The van der Waals surface area contributed by atoms with E-state index < -0.39 is 10.3 Å². The van der Waals surface area contributed by atoms with Crippen molar-refractivity contribution in [3.8, 4) is 33.6 Å². The minimum atomic E-state index is -4.60. The van der Waals surface area contributed by atoms with Crippen molar-refractivity contribution in [2.24, 2.45) is 0 Å². The molecule has 0 radical (unpaired) electrons. The molecular formula is C22H18N2O3S. The standard InChI is InChI=1S/C22H18N2O3S/c1-16-12-14-18(15-13-16)21-20(17-8-4-2-5-9-17)22(19-10-6-3-7-11-19)24(23-21)28(25,26)27/h2-15H,1H3,(H,25,26,27). The number of hydrogen-bond donors (Lipinski definition) is 1. The van der Waals surface area contributed by atoms with E-state index >= 15 is 0 Å². The van der Waals surface area contributed by atoms with Crippen molar-refractivity contribution in [3.63, 3.8) is 0 Å². The highest BCUT2D eigenvalue weighted by Crippen LogP contribution is 2.40. The van der Waals surface area contributed by atoms with Gasteiger partial charge in [0, 0.05) is 16.7 Å². The van der Waals surface area contributed by atoms with Crippen molar-refractivity contribution in [1.82, 2.24) is 9.19 Å². The summed E-state index contributed by atoms with van der Waals surface area (Å²) in [6.45, 7) is 1.98. The molecule has 1 heterocycles. The van der Waals surface area contributed by atoms with Gasteiger partial charge in [-0.3, -0.25) is 4.55 Å². The topological polar surface area (TPSA) is 72.2 Å². The largest absolute Gasteiger partial charge is 0.379 e. The van der Waals surface area contributed by atoms with Gasteiger partial charge in [-0.15, -0.1) is 4.09 Å². The second kappa shape index (κ2) is 7.07. The minimum Gasteiger partial charge on any atom is -0.268 e. The summed E-state index contributed by atoms with van der Waals surface area (Å²) in [5.41, 5.74) is 4.77. The maximum absolute atomic E-state index is 12.2. The van der Waals surface area contributed by atoms with Gasteiger partial charge in [-0.05, 0) is 12.5 Å². The number of hydrogen-bond acceptors (Lipinski definition) is 3. The van der Waals surface area contributed by atoms with Crippen LogP contribution in [-0.4, -0.2) is 22.2 Å². The van der Waals surface area contributed by atoms with E-state index in [1.807, 2.05) is 79.7 Å². The van der Waals surface area contributed by atoms with Crippen molar-refractivity contribution in [1.29, 1.82) is 0 Å². The lowest BCUT2D eigenvalue weighted by molar-refractivity contribution is 0.466. The van der Waals surface area contributed by atoms with E-state index in [-0.39, 0.29) is 0 Å². The van der Waals surface area contributed by atoms with Crippen LogP contribution in [0.2, 0.25) is 0 Å². The lowest BCUT2D eigenvalue weighted by atomic mass is 9.96. The van der Waals surface area contributed by atoms with E-state index in [9.17, 15) is 13.0 Å². The number of aromatic nitrogens is 2. The van der Waals surface area contributed by atoms with Crippen molar-refractivity contribution in [2.75, 3.05) is 0 Å². The summed E-state index contributed by atoms with van der Waals surface area (Å²) in [7, 11) is -4.60. The third kappa shape index (κ3) is 3.35. The predicted octanol–water partition coefficient (Wildman–Crippen LogP) is 4.84. The molecule has 1 N–H and O–H groups in total. The molecule has 140 valence electrons. The minimum absolute atomic E-state index is 0.324. The van der Waals surface area contributed by atoms with Crippen LogP contribution in [0.5, 0.6) is 0 Å². The fraction of sp³-hybridized carbons (Fsp3) is 0.0455. The van der Waals surface area contributed by atoms with Crippen molar-refractivity contribution in [2.45, 2.75) is 6.92 Å². The molecule has 1 aromatic heterocycles. The summed E-state index contributed by atoms with van der Waals surface area (Å²) < 4.78 is 34.9. The zero-order valence-corrected chi connectivity index (χ0v) is 16.0. The van der Waals surface area contributed by atoms with E-state index in [0.29, 0.717) is 26.6 Å². The molecule has 0 aliphatic carbocycles. The van der Waals surface area contributed by atoms with Crippen LogP contribution in [0.25, 0.3) is 33.6 Å². The zero-order valence-electron chi connectivity index (χ0n) is 15.1. The Hall–Kier alpha value is -3.22. The molecule has 4 rings (SSSR count). The molecule has 0 aliphatic rings. The highest BCUT2D eigenvalue weighted by molar-refractivity contribution is 7.84. The van der Waals surface area contributed by atoms with Gasteiger partial charge >= 0.3 is 10.3 Å². The molecule has 0 unspecified atom stereocenters. The second-order valence-corrected chi connectivity index (χ2v) is 7.73. The van der Waals surface area contributed by atoms with E-state index in [1.165, 1.54) is 0 Å². The van der Waals surface area contributed by atoms with Gasteiger partial charge in [0.2, 0.25) is 0 Å². The molecule has 0 spiro atoms. The van der Waals surface area contributed by atoms with Crippen LogP contribution in [0.1, 0.15) is 5.56 Å². The van der Waals surface area contributed by atoms with Crippen LogP contribution >= 0.6 is 0 Å². The van der Waals surface area contributed by atoms with Crippen LogP contribution in [0, 0.1) is 6.92 Å². The second-order valence-electron chi connectivity index (χ2n) is 6.49. The molecule has 3 aromatic carbocycles. The molecule has 0 bridgehead atoms. The highest BCUT2D eigenvalue weighted by atomic mass is 32.2. The monoisotopic (exact) mass is 390 g/mol. The van der Waals surface area contributed by atoms with Gasteiger partial charge in [0.05, 0.1) is 5.69 Å². The van der Waals surface area contributed by atoms with Crippen LogP contribution < -0.4 is 0 Å². The Labute approximate surface area is 163 Å². The van der Waals surface area contributed by atoms with Gasteiger partial charge in [-0.25, -0.2) is 0 Å². The van der Waals surface area contributed by atoms with Gasteiger partial charge in [0.25, 0.3) is 0 Å². The average Bonchev–Trinajstić information content (AvgIpc) is 3.11. The number of benzene rings is 3. The number of rotatable bonds is 4. The molecule has 0 saturated carbocycles. The summed E-state index contributed by atoms with van der Waals surface area (Å²) in [6.07, 6.45) is 0. The Morgan fingerprint density at radius 3 is 1.82 bits per heavy atom. The fourth-order valence-electron chi connectivity index (χ4n) is 3.21. The molecule has 4 aromatic rings. The summed E-state index contributed by atoms with van der Waals surface area (Å²) >= 11 is 0. The van der Waals surface area contributed by atoms with Crippen LogP contribution in [0.4, 0.5) is 0 Å². The van der Waals surface area contributed by atoms with Crippen molar-refractivity contribution < 1.29 is 13.0 Å². The maximum atomic E-state index is 12.2. The third-order valence-electron chi connectivity index (χ3n) is 4.51. The van der Waals surface area contributed by atoms with Gasteiger partial charge in [-0.1, -0.05) is 90.5 Å². The summed E-state index contributed by atoms with van der Waals surface area (Å²) in [5.74, 6) is 0. The van der Waals surface area contributed by atoms with Gasteiger partial charge < -0.3 is 0 Å². The first kappa shape index (κ1) is 18.2. The molecule has 5 nitrogen and oxygen atoms in total. The lowest BCUT2D eigenvalue weighted by Crippen LogP contribution is -2.14. The van der Waals surface area contributed by atoms with Gasteiger partial charge in [0.1, 0.15) is 5.69 Å². The molecule has 0 amide bonds. The van der Waals surface area contributed by atoms with E-state index in [0.717, 1.165) is 16.7 Å². The molecule has 0 aliphatic heterocycles. The highest BCUT2D eigenvalue weighted by Gasteiger charge is 2.26. The number of aryl methyl sites for hydroxylation is 1. The Morgan fingerprint density at radius 2 is 1.29 bits per heavy atom. The Bertz CT molecular complexity index is 1210. The van der Waals surface area contributed by atoms with E-state index in [1.54, 1.807) is 12.1 Å². The van der Waals surface area contributed by atoms with Crippen LogP contribution in [0.15, 0.2) is 84.9 Å². The average molecular weight is 390 g/mol. The van der Waals surface area contributed by atoms with E-state index in [4.69, 9.17) is 0 Å². The number of nitrogens with zero attached hydrogens (tertiary/aromatic N) is 2. The SMILES string of the molecule is Cc1ccc(-c2nn(S(=O)(=O)O)c(-c3ccccc3)c2-c2ccccc2)cc1. The summed E-state index contributed by atoms with van der Waals surface area (Å²) in [6, 6.07) is 26.2. The van der Waals surface area contributed by atoms with Crippen LogP contribution in [-0.2, 0) is 10.3 Å². The molecule has 0 atom stereocenters. The Morgan fingerprint density at radius 1 is 0.750 bits per heavy atom. The van der Waals surface area contributed by atoms with Crippen molar-refractivity contribution >= 4 is 10.3 Å². The smallest absolute Gasteiger partial charge is 0.268 e. The molecule has 28 heavy (non-hydrogen) atoms. The first-order valence-corrected chi connectivity index (χ1v) is 10.1. The van der Waals surface area contributed by atoms with Crippen molar-refractivity contribution in [3.05, 3.63) is 90.5 Å². The molecular weight excluding hydrogens is 372 g/mol. The zero-order chi connectivity index (χ0) is 19.7. The van der Waals surface area contributed by atoms with Gasteiger partial charge in [-0.2, -0.15) is 13.5 Å². The Balaban J connectivity index is 2.13. The first-order chi connectivity index (χ1) is 13.4. The lowest BCUT2D eigenvalue weighted by Gasteiger charge is -2.09. The normalized spacial score (nSPS) is 11.5. The fourth-order valence-corrected chi connectivity index (χ4v) is 3.82. The third-order valence-corrected chi connectivity index (χ3v) is 5.21. The molecule has 0 fully saturated rings. The Kier molecular flexibility index (Phi) is 4.58. The maximum Gasteiger partial charge on any atom is 0.379 e.